The number of nitrogens with one attached hydrogen (secondary N) is 1. The van der Waals surface area contributed by atoms with E-state index in [1.807, 2.05) is 60.0 Å². The molecule has 1 N–H and O–H groups in total. The number of carbonyl (C=O) groups excluding carboxylic acids is 1. The molecule has 0 spiro atoms. The number of nitrogens with zero attached hydrogens (tertiary/aromatic N) is 2. The number of sulfonamides is 1. The lowest BCUT2D eigenvalue weighted by Gasteiger charge is -2.17. The molecule has 0 radical (unpaired) electrons. The van der Waals surface area contributed by atoms with Gasteiger partial charge in [-0.3, -0.25) is 10.1 Å². The van der Waals surface area contributed by atoms with E-state index in [1.54, 1.807) is 7.11 Å². The van der Waals surface area contributed by atoms with Gasteiger partial charge in [0.2, 0.25) is 10.0 Å². The van der Waals surface area contributed by atoms with Gasteiger partial charge in [0.25, 0.3) is 5.91 Å². The van der Waals surface area contributed by atoms with E-state index in [9.17, 15) is 13.2 Å². The summed E-state index contributed by atoms with van der Waals surface area (Å²) in [5, 5.41) is 5.06. The standard InChI is InChI=1S/C25H23N3O4S2/c1-28(16-18-7-4-3-5-8-18)34(30,31)22-13-11-19(12-14-22)24(29)27-25-26-23(17-33-25)20-9-6-10-21(15-20)32-2/h3-15,17H,16H2,1-2H3,(H,26,27,29). The highest BCUT2D eigenvalue weighted by molar-refractivity contribution is 7.89. The van der Waals surface area contributed by atoms with Crippen LogP contribution >= 0.6 is 11.3 Å². The van der Waals surface area contributed by atoms with Crippen LogP contribution in [0.2, 0.25) is 0 Å². The predicted octanol–water partition coefficient (Wildman–Crippen LogP) is 4.89. The van der Waals surface area contributed by atoms with E-state index in [0.717, 1.165) is 22.6 Å². The molecule has 4 aromatic rings. The van der Waals surface area contributed by atoms with Gasteiger partial charge in [0.15, 0.2) is 5.13 Å². The Morgan fingerprint density at radius 1 is 1.03 bits per heavy atom. The van der Waals surface area contributed by atoms with Gasteiger partial charge in [0.1, 0.15) is 5.75 Å². The highest BCUT2D eigenvalue weighted by Gasteiger charge is 2.21. The Labute approximate surface area is 202 Å². The summed E-state index contributed by atoms with van der Waals surface area (Å²) in [5.41, 5.74) is 2.83. The van der Waals surface area contributed by atoms with Crippen LogP contribution in [-0.4, -0.2) is 37.8 Å². The van der Waals surface area contributed by atoms with Crippen LogP contribution < -0.4 is 10.1 Å². The zero-order valence-corrected chi connectivity index (χ0v) is 20.3. The first kappa shape index (κ1) is 23.6. The van der Waals surface area contributed by atoms with Crippen molar-refractivity contribution in [2.75, 3.05) is 19.5 Å². The molecular weight excluding hydrogens is 470 g/mol. The molecule has 0 bridgehead atoms. The number of ether oxygens (including phenoxy) is 1. The first-order valence-corrected chi connectivity index (χ1v) is 12.7. The Morgan fingerprint density at radius 2 is 1.76 bits per heavy atom. The van der Waals surface area contributed by atoms with Gasteiger partial charge < -0.3 is 4.74 Å². The summed E-state index contributed by atoms with van der Waals surface area (Å²) in [5.74, 6) is 0.355. The molecule has 34 heavy (non-hydrogen) atoms. The third kappa shape index (κ3) is 5.33. The molecule has 0 aliphatic rings. The van der Waals surface area contributed by atoms with E-state index < -0.39 is 10.0 Å². The fraction of sp³-hybridized carbons (Fsp3) is 0.120. The van der Waals surface area contributed by atoms with Gasteiger partial charge in [-0.05, 0) is 42.0 Å². The van der Waals surface area contributed by atoms with Crippen LogP contribution in [0, 0.1) is 0 Å². The lowest BCUT2D eigenvalue weighted by atomic mass is 10.2. The van der Waals surface area contributed by atoms with E-state index in [4.69, 9.17) is 4.74 Å². The van der Waals surface area contributed by atoms with Gasteiger partial charge in [0.05, 0.1) is 17.7 Å². The molecule has 1 amide bonds. The van der Waals surface area contributed by atoms with Crippen molar-refractivity contribution in [3.05, 3.63) is 95.4 Å². The number of hydrogen-bond donors (Lipinski definition) is 1. The number of anilines is 1. The molecule has 0 unspecified atom stereocenters. The minimum atomic E-state index is -3.69. The molecule has 0 fully saturated rings. The number of hydrogen-bond acceptors (Lipinski definition) is 6. The number of amides is 1. The van der Waals surface area contributed by atoms with E-state index >= 15 is 0 Å². The minimum Gasteiger partial charge on any atom is -0.497 e. The summed E-state index contributed by atoms with van der Waals surface area (Å²) in [6, 6.07) is 22.7. The highest BCUT2D eigenvalue weighted by Crippen LogP contribution is 2.28. The van der Waals surface area contributed by atoms with Crippen molar-refractivity contribution in [2.45, 2.75) is 11.4 Å². The van der Waals surface area contributed by atoms with Crippen LogP contribution in [0.25, 0.3) is 11.3 Å². The smallest absolute Gasteiger partial charge is 0.257 e. The van der Waals surface area contributed by atoms with Crippen molar-refractivity contribution in [3.63, 3.8) is 0 Å². The second-order valence-corrected chi connectivity index (χ2v) is 10.4. The number of benzene rings is 3. The molecule has 9 heteroatoms. The molecular formula is C25H23N3O4S2. The monoisotopic (exact) mass is 493 g/mol. The molecule has 0 atom stereocenters. The largest absolute Gasteiger partial charge is 0.497 e. The summed E-state index contributed by atoms with van der Waals surface area (Å²) >= 11 is 1.31. The third-order valence-corrected chi connectivity index (χ3v) is 7.74. The van der Waals surface area contributed by atoms with Crippen LogP contribution in [0.5, 0.6) is 5.75 Å². The second-order valence-electron chi connectivity index (χ2n) is 7.50. The van der Waals surface area contributed by atoms with Crippen LogP contribution in [0.15, 0.2) is 89.1 Å². The van der Waals surface area contributed by atoms with Gasteiger partial charge in [-0.1, -0.05) is 42.5 Å². The Bertz CT molecular complexity index is 1390. The lowest BCUT2D eigenvalue weighted by molar-refractivity contribution is 0.102. The first-order chi connectivity index (χ1) is 16.4. The zero-order valence-electron chi connectivity index (χ0n) is 18.6. The summed E-state index contributed by atoms with van der Waals surface area (Å²) in [6.07, 6.45) is 0. The van der Waals surface area contributed by atoms with E-state index in [0.29, 0.717) is 10.7 Å². The number of methoxy groups -OCH3 is 1. The van der Waals surface area contributed by atoms with Gasteiger partial charge >= 0.3 is 0 Å². The van der Waals surface area contributed by atoms with Crippen molar-refractivity contribution in [3.8, 4) is 17.0 Å². The Kier molecular flexibility index (Phi) is 7.06. The molecule has 0 aliphatic carbocycles. The molecule has 0 saturated carbocycles. The molecule has 0 saturated heterocycles. The molecule has 0 aliphatic heterocycles. The number of thiazole rings is 1. The third-order valence-electron chi connectivity index (χ3n) is 5.16. The molecule has 4 rings (SSSR count). The van der Waals surface area contributed by atoms with Gasteiger partial charge in [-0.2, -0.15) is 4.31 Å². The van der Waals surface area contributed by atoms with Crippen molar-refractivity contribution in [1.29, 1.82) is 0 Å². The molecule has 3 aromatic carbocycles. The van der Waals surface area contributed by atoms with Gasteiger partial charge in [-0.15, -0.1) is 11.3 Å². The van der Waals surface area contributed by atoms with E-state index in [-0.39, 0.29) is 17.3 Å². The molecule has 1 heterocycles. The Hall–Kier alpha value is -3.53. The summed E-state index contributed by atoms with van der Waals surface area (Å²) < 4.78 is 32.3. The number of aromatic nitrogens is 1. The maximum absolute atomic E-state index is 12.9. The maximum Gasteiger partial charge on any atom is 0.257 e. The Balaban J connectivity index is 1.43. The number of rotatable bonds is 8. The van der Waals surface area contributed by atoms with Crippen LogP contribution in [0.3, 0.4) is 0 Å². The van der Waals surface area contributed by atoms with Crippen LogP contribution in [0.1, 0.15) is 15.9 Å². The van der Waals surface area contributed by atoms with Crippen molar-refractivity contribution >= 4 is 32.4 Å². The van der Waals surface area contributed by atoms with Crippen LogP contribution in [-0.2, 0) is 16.6 Å². The zero-order chi connectivity index (χ0) is 24.1. The highest BCUT2D eigenvalue weighted by atomic mass is 32.2. The fourth-order valence-electron chi connectivity index (χ4n) is 3.30. The lowest BCUT2D eigenvalue weighted by Crippen LogP contribution is -2.26. The summed E-state index contributed by atoms with van der Waals surface area (Å²) in [7, 11) is -0.557. The van der Waals surface area contributed by atoms with E-state index in [1.165, 1.54) is 47.0 Å². The van der Waals surface area contributed by atoms with E-state index in [2.05, 4.69) is 10.3 Å². The maximum atomic E-state index is 12.9. The first-order valence-electron chi connectivity index (χ1n) is 10.4. The van der Waals surface area contributed by atoms with Gasteiger partial charge in [0, 0.05) is 30.1 Å². The topological polar surface area (TPSA) is 88.6 Å². The minimum absolute atomic E-state index is 0.122. The van der Waals surface area contributed by atoms with Crippen LogP contribution in [0.4, 0.5) is 5.13 Å². The normalized spacial score (nSPS) is 11.4. The Morgan fingerprint density at radius 3 is 2.47 bits per heavy atom. The molecule has 7 nitrogen and oxygen atoms in total. The quantitative estimate of drug-likeness (QED) is 0.378. The van der Waals surface area contributed by atoms with Crippen molar-refractivity contribution < 1.29 is 17.9 Å². The SMILES string of the molecule is COc1cccc(-c2csc(NC(=O)c3ccc(S(=O)(=O)N(C)Cc4ccccc4)cc3)n2)c1. The average Bonchev–Trinajstić information content (AvgIpc) is 3.33. The predicted molar refractivity (Wildman–Crippen MR) is 134 cm³/mol. The number of carbonyl (C=O) groups is 1. The second kappa shape index (κ2) is 10.2. The molecule has 174 valence electrons. The van der Waals surface area contributed by atoms with Crippen molar-refractivity contribution in [2.24, 2.45) is 0 Å². The molecule has 1 aromatic heterocycles. The van der Waals surface area contributed by atoms with Crippen molar-refractivity contribution in [1.82, 2.24) is 9.29 Å². The average molecular weight is 494 g/mol. The summed E-state index contributed by atoms with van der Waals surface area (Å²) in [6.45, 7) is 0.255. The van der Waals surface area contributed by atoms with Gasteiger partial charge in [-0.25, -0.2) is 13.4 Å². The fourth-order valence-corrected chi connectivity index (χ4v) is 5.17. The summed E-state index contributed by atoms with van der Waals surface area (Å²) in [4.78, 5) is 17.3.